The summed E-state index contributed by atoms with van der Waals surface area (Å²) in [6, 6.07) is -4.32. The first-order valence-corrected chi connectivity index (χ1v) is 10.2. The number of H-pyrrole nitrogens is 1. The maximum Gasteiger partial charge on any atom is 0.326 e. The normalized spacial score (nSPS) is 18.4. The summed E-state index contributed by atoms with van der Waals surface area (Å²) >= 11 is 0. The third kappa shape index (κ3) is 6.77. The van der Waals surface area contributed by atoms with Crippen LogP contribution in [0.4, 0.5) is 0 Å². The molecule has 13 heteroatoms. The molecule has 1 aliphatic rings. The topological polar surface area (TPSA) is 208 Å². The number of hydrogen-bond donors (Lipinski definition) is 6. The summed E-state index contributed by atoms with van der Waals surface area (Å²) < 4.78 is 0. The van der Waals surface area contributed by atoms with Crippen molar-refractivity contribution in [3.05, 3.63) is 18.2 Å². The van der Waals surface area contributed by atoms with E-state index in [1.165, 1.54) is 24.3 Å². The standard InChI is InChI=1S/C19H28N6O7/c1-10(20)16(28)23-12(4-5-15(26)27)17(29)24-13(7-11-8-21-9-22-11)18(30)25-6-2-3-14(25)19(31)32/h8-10,12-14H,2-7,20H2,1H3,(H,21,22)(H,23,28)(H,24,29)(H,26,27)(H,31,32). The molecule has 4 atom stereocenters. The van der Waals surface area contributed by atoms with Gasteiger partial charge in [-0.15, -0.1) is 0 Å². The third-order valence-electron chi connectivity index (χ3n) is 5.11. The second kappa shape index (κ2) is 11.2. The van der Waals surface area contributed by atoms with E-state index in [0.717, 1.165) is 0 Å². The molecule has 176 valence electrons. The van der Waals surface area contributed by atoms with Crippen molar-refractivity contribution in [2.24, 2.45) is 5.73 Å². The Kier molecular flexibility index (Phi) is 8.70. The molecule has 2 heterocycles. The maximum absolute atomic E-state index is 13.2. The zero-order valence-corrected chi connectivity index (χ0v) is 17.6. The first-order valence-electron chi connectivity index (χ1n) is 10.2. The molecule has 1 fully saturated rings. The van der Waals surface area contributed by atoms with E-state index in [-0.39, 0.29) is 19.4 Å². The Hall–Kier alpha value is -3.48. The van der Waals surface area contributed by atoms with Crippen LogP contribution >= 0.6 is 0 Å². The molecule has 0 radical (unpaired) electrons. The maximum atomic E-state index is 13.2. The average Bonchev–Trinajstić information content (AvgIpc) is 3.41. The fourth-order valence-electron chi connectivity index (χ4n) is 3.42. The zero-order chi connectivity index (χ0) is 23.8. The largest absolute Gasteiger partial charge is 0.481 e. The lowest BCUT2D eigenvalue weighted by atomic mass is 10.1. The molecule has 13 nitrogen and oxygen atoms in total. The monoisotopic (exact) mass is 452 g/mol. The van der Waals surface area contributed by atoms with Crippen molar-refractivity contribution < 1.29 is 34.2 Å². The first kappa shape index (κ1) is 24.8. The number of carboxylic acid groups (broad SMARTS) is 2. The van der Waals surface area contributed by atoms with Gasteiger partial charge in [-0.25, -0.2) is 9.78 Å². The van der Waals surface area contributed by atoms with Crippen molar-refractivity contribution in [3.63, 3.8) is 0 Å². The molecular weight excluding hydrogens is 424 g/mol. The van der Waals surface area contributed by atoms with E-state index in [9.17, 15) is 29.1 Å². The molecule has 1 saturated heterocycles. The van der Waals surface area contributed by atoms with E-state index < -0.39 is 60.2 Å². The number of aromatic amines is 1. The minimum Gasteiger partial charge on any atom is -0.481 e. The van der Waals surface area contributed by atoms with E-state index in [4.69, 9.17) is 10.8 Å². The van der Waals surface area contributed by atoms with Crippen molar-refractivity contribution in [1.29, 1.82) is 0 Å². The van der Waals surface area contributed by atoms with Gasteiger partial charge in [0.1, 0.15) is 18.1 Å². The summed E-state index contributed by atoms with van der Waals surface area (Å²) in [5.74, 6) is -4.31. The van der Waals surface area contributed by atoms with Crippen molar-refractivity contribution in [1.82, 2.24) is 25.5 Å². The number of rotatable bonds is 11. The summed E-state index contributed by atoms with van der Waals surface area (Å²) in [5.41, 5.74) is 6.04. The minimum absolute atomic E-state index is 0.000299. The number of carboxylic acids is 2. The first-order chi connectivity index (χ1) is 15.1. The van der Waals surface area contributed by atoms with Crippen LogP contribution in [0.25, 0.3) is 0 Å². The van der Waals surface area contributed by atoms with Gasteiger partial charge in [0.2, 0.25) is 17.7 Å². The number of imidazole rings is 1. The van der Waals surface area contributed by atoms with Gasteiger partial charge in [-0.1, -0.05) is 0 Å². The van der Waals surface area contributed by atoms with Crippen LogP contribution in [0.1, 0.15) is 38.3 Å². The molecule has 1 aromatic heterocycles. The van der Waals surface area contributed by atoms with Crippen LogP contribution in [0.15, 0.2) is 12.5 Å². The second-order valence-corrected chi connectivity index (χ2v) is 7.65. The summed E-state index contributed by atoms with van der Waals surface area (Å²) in [4.78, 5) is 68.4. The molecule has 0 aliphatic carbocycles. The lowest BCUT2D eigenvalue weighted by molar-refractivity contribution is -0.149. The second-order valence-electron chi connectivity index (χ2n) is 7.65. The number of nitrogens with two attached hydrogens (primary N) is 1. The Morgan fingerprint density at radius 3 is 2.47 bits per heavy atom. The van der Waals surface area contributed by atoms with Crippen LogP contribution in [0.2, 0.25) is 0 Å². The van der Waals surface area contributed by atoms with E-state index in [0.29, 0.717) is 18.5 Å². The van der Waals surface area contributed by atoms with E-state index in [1.807, 2.05) is 0 Å². The van der Waals surface area contributed by atoms with Gasteiger partial charge in [0.05, 0.1) is 12.4 Å². The summed E-state index contributed by atoms with van der Waals surface area (Å²) in [6.45, 7) is 1.64. The molecule has 0 bridgehead atoms. The molecule has 1 aliphatic heterocycles. The fourth-order valence-corrected chi connectivity index (χ4v) is 3.42. The van der Waals surface area contributed by atoms with Crippen LogP contribution in [0.3, 0.4) is 0 Å². The van der Waals surface area contributed by atoms with Gasteiger partial charge in [0.25, 0.3) is 0 Å². The fraction of sp³-hybridized carbons (Fsp3) is 0.579. The highest BCUT2D eigenvalue weighted by Gasteiger charge is 2.38. The predicted octanol–water partition coefficient (Wildman–Crippen LogP) is -1.79. The molecule has 0 spiro atoms. The Labute approximate surface area is 183 Å². The van der Waals surface area contributed by atoms with Crippen LogP contribution in [0, 0.1) is 0 Å². The molecule has 0 aromatic carbocycles. The van der Waals surface area contributed by atoms with Gasteiger partial charge in [0, 0.05) is 31.3 Å². The lowest BCUT2D eigenvalue weighted by Gasteiger charge is -2.28. The third-order valence-corrected chi connectivity index (χ3v) is 5.11. The van der Waals surface area contributed by atoms with E-state index in [1.54, 1.807) is 0 Å². The number of carbonyl (C=O) groups is 5. The van der Waals surface area contributed by atoms with Gasteiger partial charge in [0.15, 0.2) is 0 Å². The van der Waals surface area contributed by atoms with Gasteiger partial charge in [-0.3, -0.25) is 19.2 Å². The van der Waals surface area contributed by atoms with Crippen LogP contribution in [-0.2, 0) is 30.4 Å². The SMILES string of the molecule is CC(N)C(=O)NC(CCC(=O)O)C(=O)NC(Cc1cnc[nH]1)C(=O)N1CCCC1C(=O)O. The van der Waals surface area contributed by atoms with Gasteiger partial charge in [-0.05, 0) is 26.2 Å². The average molecular weight is 452 g/mol. The molecule has 7 N–H and O–H groups in total. The van der Waals surface area contributed by atoms with Crippen LogP contribution in [-0.4, -0.2) is 85.5 Å². The van der Waals surface area contributed by atoms with Crippen LogP contribution in [0.5, 0.6) is 0 Å². The number of aliphatic carboxylic acids is 2. The number of amides is 3. The smallest absolute Gasteiger partial charge is 0.326 e. The number of nitrogens with one attached hydrogen (secondary N) is 3. The molecular formula is C19H28N6O7. The van der Waals surface area contributed by atoms with Crippen molar-refractivity contribution in [2.45, 2.75) is 63.2 Å². The quantitative estimate of drug-likeness (QED) is 0.224. The van der Waals surface area contributed by atoms with Gasteiger partial charge in [-0.2, -0.15) is 0 Å². The Bertz CT molecular complexity index is 841. The molecule has 2 rings (SSSR count). The van der Waals surface area contributed by atoms with Crippen molar-refractivity contribution >= 4 is 29.7 Å². The van der Waals surface area contributed by atoms with E-state index >= 15 is 0 Å². The lowest BCUT2D eigenvalue weighted by Crippen LogP contribution is -2.57. The summed E-state index contributed by atoms with van der Waals surface area (Å²) in [7, 11) is 0. The number of likely N-dealkylation sites (tertiary alicyclic amines) is 1. The Balaban J connectivity index is 2.22. The highest BCUT2D eigenvalue weighted by Crippen LogP contribution is 2.19. The van der Waals surface area contributed by atoms with Crippen LogP contribution < -0.4 is 16.4 Å². The van der Waals surface area contributed by atoms with Crippen molar-refractivity contribution in [2.75, 3.05) is 6.54 Å². The molecule has 3 amide bonds. The highest BCUT2D eigenvalue weighted by atomic mass is 16.4. The highest BCUT2D eigenvalue weighted by molar-refractivity contribution is 5.94. The number of nitrogens with zero attached hydrogens (tertiary/aromatic N) is 2. The Morgan fingerprint density at radius 1 is 1.22 bits per heavy atom. The van der Waals surface area contributed by atoms with Gasteiger partial charge < -0.3 is 36.5 Å². The summed E-state index contributed by atoms with van der Waals surface area (Å²) in [5, 5.41) is 23.3. The molecule has 32 heavy (non-hydrogen) atoms. The van der Waals surface area contributed by atoms with E-state index in [2.05, 4.69) is 20.6 Å². The zero-order valence-electron chi connectivity index (χ0n) is 17.6. The number of aromatic nitrogens is 2. The number of carbonyl (C=O) groups excluding carboxylic acids is 3. The van der Waals surface area contributed by atoms with Crippen molar-refractivity contribution in [3.8, 4) is 0 Å². The molecule has 1 aromatic rings. The minimum atomic E-state index is -1.24. The predicted molar refractivity (Wildman–Crippen MR) is 109 cm³/mol. The number of hydrogen-bond acceptors (Lipinski definition) is 7. The Morgan fingerprint density at radius 2 is 1.91 bits per heavy atom. The molecule has 0 saturated carbocycles. The summed E-state index contributed by atoms with van der Waals surface area (Å²) in [6.07, 6.45) is 3.06. The molecule has 4 unspecified atom stereocenters. The van der Waals surface area contributed by atoms with Gasteiger partial charge >= 0.3 is 11.9 Å².